The van der Waals surface area contributed by atoms with Crippen LogP contribution in [-0.2, 0) is 9.53 Å². The van der Waals surface area contributed by atoms with Crippen molar-refractivity contribution in [2.75, 3.05) is 0 Å². The molecule has 0 spiro atoms. The molecule has 0 aromatic rings. The van der Waals surface area contributed by atoms with Gasteiger partial charge in [0.05, 0.1) is 5.92 Å². The first-order valence-corrected chi connectivity index (χ1v) is 5.00. The van der Waals surface area contributed by atoms with E-state index in [1.165, 1.54) is 6.42 Å². The Bertz CT molecular complexity index is 154. The predicted molar refractivity (Wildman–Crippen MR) is 47.8 cm³/mol. The second-order valence-electron chi connectivity index (χ2n) is 3.51. The first-order valence-electron chi connectivity index (χ1n) is 5.00. The minimum atomic E-state index is 0.0295. The van der Waals surface area contributed by atoms with E-state index in [1.54, 1.807) is 0 Å². The fourth-order valence-electron chi connectivity index (χ4n) is 1.67. The van der Waals surface area contributed by atoms with Crippen molar-refractivity contribution in [1.29, 1.82) is 0 Å². The quantitative estimate of drug-likeness (QED) is 0.593. The highest BCUT2D eigenvalue weighted by Gasteiger charge is 2.40. The van der Waals surface area contributed by atoms with Crippen molar-refractivity contribution in [3.63, 3.8) is 0 Å². The third-order valence-electron chi connectivity index (χ3n) is 2.46. The lowest BCUT2D eigenvalue weighted by molar-refractivity contribution is -0.186. The fourth-order valence-corrected chi connectivity index (χ4v) is 1.67. The number of unbranched alkanes of at least 4 members (excludes halogenated alkanes) is 1. The zero-order valence-corrected chi connectivity index (χ0v) is 8.01. The number of carbonyl (C=O) groups is 1. The molecule has 1 aliphatic rings. The minimum Gasteiger partial charge on any atom is -0.461 e. The van der Waals surface area contributed by atoms with Crippen LogP contribution in [-0.4, -0.2) is 12.1 Å². The molecule has 70 valence electrons. The molecule has 0 aromatic carbocycles. The maximum Gasteiger partial charge on any atom is 0.313 e. The molecule has 0 unspecified atom stereocenters. The van der Waals surface area contributed by atoms with Gasteiger partial charge in [0.1, 0.15) is 6.10 Å². The minimum absolute atomic E-state index is 0.0295. The maximum atomic E-state index is 11.0. The van der Waals surface area contributed by atoms with E-state index in [0.29, 0.717) is 0 Å². The molecule has 2 atom stereocenters. The highest BCUT2D eigenvalue weighted by Crippen LogP contribution is 2.30. The van der Waals surface area contributed by atoms with Crippen LogP contribution in [0.2, 0.25) is 0 Å². The van der Waals surface area contributed by atoms with Gasteiger partial charge in [-0.15, -0.1) is 0 Å². The molecular formula is C10H18O2. The van der Waals surface area contributed by atoms with Crippen LogP contribution < -0.4 is 0 Å². The molecule has 0 saturated carbocycles. The molecule has 0 aliphatic carbocycles. The van der Waals surface area contributed by atoms with Gasteiger partial charge < -0.3 is 4.74 Å². The van der Waals surface area contributed by atoms with Gasteiger partial charge in [-0.3, -0.25) is 4.79 Å². The average Bonchev–Trinajstić information content (AvgIpc) is 2.05. The molecule has 2 nitrogen and oxygen atoms in total. The lowest BCUT2D eigenvalue weighted by Crippen LogP contribution is -2.44. The molecule has 12 heavy (non-hydrogen) atoms. The number of cyclic esters (lactones) is 1. The van der Waals surface area contributed by atoms with E-state index >= 15 is 0 Å². The van der Waals surface area contributed by atoms with Crippen molar-refractivity contribution in [3.05, 3.63) is 0 Å². The van der Waals surface area contributed by atoms with Gasteiger partial charge in [-0.05, 0) is 12.8 Å². The molecule has 0 radical (unpaired) electrons. The van der Waals surface area contributed by atoms with Gasteiger partial charge in [0.2, 0.25) is 0 Å². The summed E-state index contributed by atoms with van der Waals surface area (Å²) in [4.78, 5) is 11.0. The number of esters is 1. The lowest BCUT2D eigenvalue weighted by Gasteiger charge is -2.35. The molecular weight excluding hydrogens is 152 g/mol. The SMILES string of the molecule is CCCC[C@H]1C(=O)O[C@@H]1CCC. The summed E-state index contributed by atoms with van der Waals surface area (Å²) < 4.78 is 5.05. The van der Waals surface area contributed by atoms with Gasteiger partial charge in [0, 0.05) is 0 Å². The van der Waals surface area contributed by atoms with Crippen LogP contribution in [0.25, 0.3) is 0 Å². The highest BCUT2D eigenvalue weighted by molar-refractivity contribution is 5.78. The molecule has 0 N–H and O–H groups in total. The Kier molecular flexibility index (Phi) is 3.57. The summed E-state index contributed by atoms with van der Waals surface area (Å²) in [7, 11) is 0. The van der Waals surface area contributed by atoms with E-state index in [0.717, 1.165) is 25.7 Å². The van der Waals surface area contributed by atoms with Gasteiger partial charge in [-0.2, -0.15) is 0 Å². The van der Waals surface area contributed by atoms with Crippen LogP contribution in [0.1, 0.15) is 46.0 Å². The van der Waals surface area contributed by atoms with E-state index in [2.05, 4.69) is 13.8 Å². The molecule has 0 bridgehead atoms. The largest absolute Gasteiger partial charge is 0.461 e. The highest BCUT2D eigenvalue weighted by atomic mass is 16.6. The third kappa shape index (κ3) is 1.99. The predicted octanol–water partition coefficient (Wildman–Crippen LogP) is 2.52. The standard InChI is InChI=1S/C10H18O2/c1-3-5-7-8-9(6-4-2)12-10(8)11/h8-9H,3-7H2,1-2H3/t8-,9-/m1/s1. The van der Waals surface area contributed by atoms with Crippen molar-refractivity contribution in [2.24, 2.45) is 5.92 Å². The summed E-state index contributed by atoms with van der Waals surface area (Å²) >= 11 is 0. The van der Waals surface area contributed by atoms with E-state index < -0.39 is 0 Å². The topological polar surface area (TPSA) is 26.3 Å². The Morgan fingerprint density at radius 1 is 1.25 bits per heavy atom. The molecule has 1 rings (SSSR count). The van der Waals surface area contributed by atoms with Gasteiger partial charge >= 0.3 is 5.97 Å². The molecule has 1 heterocycles. The number of rotatable bonds is 5. The summed E-state index contributed by atoms with van der Waals surface area (Å²) in [5.41, 5.74) is 0. The van der Waals surface area contributed by atoms with Crippen LogP contribution in [0.4, 0.5) is 0 Å². The Morgan fingerprint density at radius 2 is 2.00 bits per heavy atom. The van der Waals surface area contributed by atoms with Crippen molar-refractivity contribution in [1.82, 2.24) is 0 Å². The smallest absolute Gasteiger partial charge is 0.313 e. The van der Waals surface area contributed by atoms with Gasteiger partial charge in [0.25, 0.3) is 0 Å². The first-order chi connectivity index (χ1) is 5.79. The Morgan fingerprint density at radius 3 is 2.50 bits per heavy atom. The van der Waals surface area contributed by atoms with E-state index in [-0.39, 0.29) is 18.0 Å². The maximum absolute atomic E-state index is 11.0. The number of hydrogen-bond acceptors (Lipinski definition) is 2. The zero-order valence-electron chi connectivity index (χ0n) is 8.01. The molecule has 0 amide bonds. The second-order valence-corrected chi connectivity index (χ2v) is 3.51. The molecule has 1 fully saturated rings. The summed E-state index contributed by atoms with van der Waals surface area (Å²) in [6.07, 6.45) is 5.75. The van der Waals surface area contributed by atoms with Gasteiger partial charge in [0.15, 0.2) is 0 Å². The van der Waals surface area contributed by atoms with E-state index in [1.807, 2.05) is 0 Å². The van der Waals surface area contributed by atoms with Crippen LogP contribution in [0.5, 0.6) is 0 Å². The van der Waals surface area contributed by atoms with E-state index in [4.69, 9.17) is 4.74 Å². The number of hydrogen-bond donors (Lipinski definition) is 0. The van der Waals surface area contributed by atoms with Crippen molar-refractivity contribution >= 4 is 5.97 Å². The Labute approximate surface area is 74.3 Å². The zero-order chi connectivity index (χ0) is 8.97. The number of ether oxygens (including phenoxy) is 1. The molecule has 1 saturated heterocycles. The van der Waals surface area contributed by atoms with Crippen molar-refractivity contribution in [3.8, 4) is 0 Å². The van der Waals surface area contributed by atoms with Crippen LogP contribution >= 0.6 is 0 Å². The van der Waals surface area contributed by atoms with Crippen molar-refractivity contribution in [2.45, 2.75) is 52.1 Å². The molecule has 2 heteroatoms. The first kappa shape index (κ1) is 9.56. The summed E-state index contributed by atoms with van der Waals surface area (Å²) in [6, 6.07) is 0. The fraction of sp³-hybridized carbons (Fsp3) is 0.900. The van der Waals surface area contributed by atoms with Crippen LogP contribution in [0.3, 0.4) is 0 Å². The summed E-state index contributed by atoms with van der Waals surface area (Å²) in [5, 5.41) is 0. The van der Waals surface area contributed by atoms with Crippen LogP contribution in [0.15, 0.2) is 0 Å². The normalized spacial score (nSPS) is 28.0. The summed E-state index contributed by atoms with van der Waals surface area (Å²) in [5.74, 6) is 0.256. The lowest BCUT2D eigenvalue weighted by atomic mass is 9.89. The monoisotopic (exact) mass is 170 g/mol. The average molecular weight is 170 g/mol. The Hall–Kier alpha value is -0.530. The summed E-state index contributed by atoms with van der Waals surface area (Å²) in [6.45, 7) is 4.28. The van der Waals surface area contributed by atoms with Crippen LogP contribution in [0, 0.1) is 5.92 Å². The van der Waals surface area contributed by atoms with Gasteiger partial charge in [-0.25, -0.2) is 0 Å². The second kappa shape index (κ2) is 4.48. The molecule has 1 aliphatic heterocycles. The van der Waals surface area contributed by atoms with Gasteiger partial charge in [-0.1, -0.05) is 33.1 Å². The van der Waals surface area contributed by atoms with Crippen molar-refractivity contribution < 1.29 is 9.53 Å². The third-order valence-corrected chi connectivity index (χ3v) is 2.46. The molecule has 0 aromatic heterocycles. The Balaban J connectivity index is 2.24. The van der Waals surface area contributed by atoms with E-state index in [9.17, 15) is 4.79 Å². The number of carbonyl (C=O) groups excluding carboxylic acids is 1.